The summed E-state index contributed by atoms with van der Waals surface area (Å²) in [6.45, 7) is 3.94. The molecule has 8 nitrogen and oxygen atoms in total. The highest BCUT2D eigenvalue weighted by molar-refractivity contribution is 6.06. The van der Waals surface area contributed by atoms with E-state index < -0.39 is 35.7 Å². The van der Waals surface area contributed by atoms with Gasteiger partial charge in [0.2, 0.25) is 0 Å². The maximum absolute atomic E-state index is 14.0. The molecule has 230 valence electrons. The Morgan fingerprint density at radius 3 is 2.11 bits per heavy atom. The fraction of sp³-hybridized carbons (Fsp3) is 0.265. The number of pyridine rings is 1. The Kier molecular flexibility index (Phi) is 10.8. The van der Waals surface area contributed by atoms with Gasteiger partial charge in [0.05, 0.1) is 38.0 Å². The summed E-state index contributed by atoms with van der Waals surface area (Å²) >= 11 is 0. The van der Waals surface area contributed by atoms with E-state index in [0.717, 1.165) is 0 Å². The number of aromatic nitrogens is 2. The van der Waals surface area contributed by atoms with E-state index in [1.807, 2.05) is 19.9 Å². The van der Waals surface area contributed by atoms with Crippen molar-refractivity contribution in [1.29, 1.82) is 0 Å². The van der Waals surface area contributed by atoms with E-state index >= 15 is 0 Å². The summed E-state index contributed by atoms with van der Waals surface area (Å²) in [7, 11) is 1.21. The quantitative estimate of drug-likeness (QED) is 0.179. The lowest BCUT2D eigenvalue weighted by molar-refractivity contribution is -0.143. The van der Waals surface area contributed by atoms with Gasteiger partial charge in [-0.25, -0.2) is 8.78 Å². The van der Waals surface area contributed by atoms with Crippen LogP contribution in [0.2, 0.25) is 0 Å². The van der Waals surface area contributed by atoms with Crippen LogP contribution in [-0.2, 0) is 16.1 Å². The Labute approximate surface area is 254 Å². The molecule has 2 atom stereocenters. The zero-order valence-corrected chi connectivity index (χ0v) is 24.7. The molecule has 2 aromatic heterocycles. The predicted octanol–water partition coefficient (Wildman–Crippen LogP) is 5.69. The molecule has 2 heterocycles. The van der Waals surface area contributed by atoms with Crippen LogP contribution in [0.5, 0.6) is 0 Å². The van der Waals surface area contributed by atoms with E-state index in [9.17, 15) is 28.6 Å². The second-order valence-corrected chi connectivity index (χ2v) is 10.6. The van der Waals surface area contributed by atoms with Gasteiger partial charge in [-0.2, -0.15) is 0 Å². The van der Waals surface area contributed by atoms with Gasteiger partial charge < -0.3 is 24.8 Å². The number of hydrogen-bond acceptors (Lipinski definition) is 6. The van der Waals surface area contributed by atoms with E-state index in [1.54, 1.807) is 53.2 Å². The number of carbonyl (C=O) groups is 2. The Bertz CT molecular complexity index is 1600. The van der Waals surface area contributed by atoms with Gasteiger partial charge in [-0.1, -0.05) is 36.4 Å². The van der Waals surface area contributed by atoms with Gasteiger partial charge in [-0.05, 0) is 67.4 Å². The van der Waals surface area contributed by atoms with E-state index in [1.165, 1.54) is 37.5 Å². The average Bonchev–Trinajstić information content (AvgIpc) is 3.35. The molecule has 3 N–H and O–H groups in total. The van der Waals surface area contributed by atoms with Crippen molar-refractivity contribution in [2.24, 2.45) is 0 Å². The number of aliphatic hydroxyl groups excluding tert-OH is 2. The molecular formula is C34H35F2N3O5. The number of halogens is 2. The number of esters is 1. The summed E-state index contributed by atoms with van der Waals surface area (Å²) in [6, 6.07) is 16.6. The largest absolute Gasteiger partial charge is 0.469 e. The fourth-order valence-corrected chi connectivity index (χ4v) is 5.01. The molecule has 10 heteroatoms. The number of nitrogens with zero attached hydrogens (tertiary/aromatic N) is 2. The smallest absolute Gasteiger partial charge is 0.308 e. The minimum atomic E-state index is -1.15. The number of rotatable bonds is 12. The van der Waals surface area contributed by atoms with Crippen LogP contribution in [0, 0.1) is 11.6 Å². The van der Waals surface area contributed by atoms with E-state index in [2.05, 4.69) is 15.0 Å². The summed E-state index contributed by atoms with van der Waals surface area (Å²) in [5.41, 5.74) is 3.65. The third kappa shape index (κ3) is 7.83. The molecule has 0 spiro atoms. The first-order chi connectivity index (χ1) is 21.1. The zero-order chi connectivity index (χ0) is 31.8. The van der Waals surface area contributed by atoms with Crippen LogP contribution >= 0.6 is 0 Å². The standard InChI is InChI=1S/C34H35F2N3O5/c1-21(2)39-29(16-15-27(40)18-28(41)19-30(42)44-3)31(22-7-11-24(35)12-8-22)32(23-9-13-25(36)14-10-23)33(39)34(43)38-20-26-6-4-5-17-37-26/h4-17,21,27-28,40-41H,18-20H2,1-3H3,(H,38,43)/t27-,28-/m1/s1. The molecule has 4 rings (SSSR count). The minimum Gasteiger partial charge on any atom is -0.469 e. The molecule has 0 bridgehead atoms. The van der Waals surface area contributed by atoms with Gasteiger partial charge in [0.1, 0.15) is 17.3 Å². The molecule has 0 fully saturated rings. The molecule has 1 amide bonds. The van der Waals surface area contributed by atoms with Crippen molar-refractivity contribution in [3.63, 3.8) is 0 Å². The highest BCUT2D eigenvalue weighted by Crippen LogP contribution is 2.42. The van der Waals surface area contributed by atoms with Gasteiger partial charge in [-0.3, -0.25) is 14.6 Å². The number of methoxy groups -OCH3 is 1. The lowest BCUT2D eigenvalue weighted by Gasteiger charge is -2.17. The molecule has 2 aromatic carbocycles. The third-order valence-corrected chi connectivity index (χ3v) is 7.02. The molecular weight excluding hydrogens is 568 g/mol. The predicted molar refractivity (Wildman–Crippen MR) is 163 cm³/mol. The molecule has 0 aliphatic carbocycles. The van der Waals surface area contributed by atoms with Gasteiger partial charge in [0.15, 0.2) is 0 Å². The van der Waals surface area contributed by atoms with E-state index in [-0.39, 0.29) is 31.1 Å². The topological polar surface area (TPSA) is 114 Å². The first-order valence-electron chi connectivity index (χ1n) is 14.2. The molecule has 44 heavy (non-hydrogen) atoms. The molecule has 0 saturated heterocycles. The first kappa shape index (κ1) is 32.2. The highest BCUT2D eigenvalue weighted by Gasteiger charge is 2.29. The number of carbonyl (C=O) groups excluding carboxylic acids is 2. The van der Waals surface area contributed by atoms with Crippen molar-refractivity contribution in [2.75, 3.05) is 7.11 Å². The van der Waals surface area contributed by atoms with Crippen LogP contribution in [0.3, 0.4) is 0 Å². The lowest BCUT2D eigenvalue weighted by Crippen LogP contribution is -2.27. The summed E-state index contributed by atoms with van der Waals surface area (Å²) in [5, 5.41) is 23.9. The number of ether oxygens (including phenoxy) is 1. The first-order valence-corrected chi connectivity index (χ1v) is 14.2. The Hall–Kier alpha value is -4.67. The SMILES string of the molecule is COC(=O)C[C@H](O)C[C@H](O)C=Cc1c(-c2ccc(F)cc2)c(-c2ccc(F)cc2)c(C(=O)NCc2ccccn2)n1C(C)C. The average molecular weight is 604 g/mol. The molecule has 4 aromatic rings. The van der Waals surface area contributed by atoms with Gasteiger partial charge in [-0.15, -0.1) is 0 Å². The van der Waals surface area contributed by atoms with Crippen molar-refractivity contribution in [3.8, 4) is 22.3 Å². The maximum Gasteiger partial charge on any atom is 0.308 e. The molecule has 0 aliphatic rings. The number of hydrogen-bond donors (Lipinski definition) is 3. The van der Waals surface area contributed by atoms with Crippen LogP contribution in [0.4, 0.5) is 8.78 Å². The fourth-order valence-electron chi connectivity index (χ4n) is 5.01. The normalized spacial score (nSPS) is 12.8. The monoisotopic (exact) mass is 603 g/mol. The number of nitrogens with one attached hydrogen (secondary N) is 1. The van der Waals surface area contributed by atoms with E-state index in [0.29, 0.717) is 33.6 Å². The number of aliphatic hydroxyl groups is 2. The van der Waals surface area contributed by atoms with Gasteiger partial charge >= 0.3 is 5.97 Å². The minimum absolute atomic E-state index is 0.137. The van der Waals surface area contributed by atoms with Gasteiger partial charge in [0, 0.05) is 35.5 Å². The van der Waals surface area contributed by atoms with E-state index in [4.69, 9.17) is 0 Å². The number of amides is 1. The van der Waals surface area contributed by atoms with Crippen LogP contribution < -0.4 is 5.32 Å². The van der Waals surface area contributed by atoms with Crippen molar-refractivity contribution < 1.29 is 33.3 Å². The summed E-state index contributed by atoms with van der Waals surface area (Å²) < 4.78 is 34.5. The van der Waals surface area contributed by atoms with Crippen molar-refractivity contribution in [3.05, 3.63) is 108 Å². The summed E-state index contributed by atoms with van der Waals surface area (Å²) in [6.07, 6.45) is 2.02. The summed E-state index contributed by atoms with van der Waals surface area (Å²) in [4.78, 5) is 29.9. The molecule has 0 unspecified atom stereocenters. The maximum atomic E-state index is 14.0. The second kappa shape index (κ2) is 14.7. The number of benzene rings is 2. The van der Waals surface area contributed by atoms with Crippen LogP contribution in [0.25, 0.3) is 28.3 Å². The van der Waals surface area contributed by atoms with Crippen LogP contribution in [0.1, 0.15) is 54.6 Å². The Morgan fingerprint density at radius 1 is 0.955 bits per heavy atom. The molecule has 0 radical (unpaired) electrons. The highest BCUT2D eigenvalue weighted by atomic mass is 19.1. The van der Waals surface area contributed by atoms with Crippen molar-refractivity contribution in [2.45, 2.75) is 51.5 Å². The van der Waals surface area contributed by atoms with Crippen LogP contribution in [-0.4, -0.2) is 51.0 Å². The Morgan fingerprint density at radius 2 is 1.57 bits per heavy atom. The lowest BCUT2D eigenvalue weighted by atomic mass is 9.94. The molecule has 0 saturated carbocycles. The summed E-state index contributed by atoms with van der Waals surface area (Å²) in [5.74, 6) is -1.91. The van der Waals surface area contributed by atoms with Crippen LogP contribution in [0.15, 0.2) is 79.0 Å². The van der Waals surface area contributed by atoms with Gasteiger partial charge in [0.25, 0.3) is 5.91 Å². The Balaban J connectivity index is 1.90. The zero-order valence-electron chi connectivity index (χ0n) is 24.7. The molecule has 0 aliphatic heterocycles. The van der Waals surface area contributed by atoms with Crippen molar-refractivity contribution >= 4 is 18.0 Å². The second-order valence-electron chi connectivity index (χ2n) is 10.6. The van der Waals surface area contributed by atoms with Crippen molar-refractivity contribution in [1.82, 2.24) is 14.9 Å². The third-order valence-electron chi connectivity index (χ3n) is 7.02.